The van der Waals surface area contributed by atoms with Crippen molar-refractivity contribution in [1.29, 1.82) is 0 Å². The Morgan fingerprint density at radius 2 is 1.95 bits per heavy atom. The first-order valence-electron chi connectivity index (χ1n) is 7.77. The fourth-order valence-corrected chi connectivity index (χ4v) is 2.57. The second kappa shape index (κ2) is 9.75. The molecular weight excluding hydrogens is 256 g/mol. The van der Waals surface area contributed by atoms with Crippen molar-refractivity contribution in [2.45, 2.75) is 51.9 Å². The minimum atomic E-state index is -0.747. The number of hydrogen-bond acceptors (Lipinski definition) is 3. The van der Waals surface area contributed by atoms with Gasteiger partial charge in [0.05, 0.1) is 0 Å². The van der Waals surface area contributed by atoms with Gasteiger partial charge in [0.25, 0.3) is 0 Å². The van der Waals surface area contributed by atoms with Crippen LogP contribution in [0.5, 0.6) is 0 Å². The van der Waals surface area contributed by atoms with Gasteiger partial charge in [0.15, 0.2) is 0 Å². The normalized spacial score (nSPS) is 17.6. The molecule has 0 spiro atoms. The van der Waals surface area contributed by atoms with Crippen molar-refractivity contribution in [3.05, 3.63) is 0 Å². The number of carbonyl (C=O) groups excluding carboxylic acids is 1. The van der Waals surface area contributed by atoms with Crippen LogP contribution < -0.4 is 10.6 Å². The van der Waals surface area contributed by atoms with E-state index >= 15 is 0 Å². The van der Waals surface area contributed by atoms with Crippen LogP contribution >= 0.6 is 0 Å². The van der Waals surface area contributed by atoms with E-state index < -0.39 is 5.97 Å². The molecule has 0 saturated carbocycles. The van der Waals surface area contributed by atoms with E-state index in [1.165, 1.54) is 12.8 Å². The highest BCUT2D eigenvalue weighted by Gasteiger charge is 2.14. The molecule has 3 N–H and O–H groups in total. The average Bonchev–Trinajstić information content (AvgIpc) is 2.44. The van der Waals surface area contributed by atoms with Crippen molar-refractivity contribution in [3.8, 4) is 0 Å². The van der Waals surface area contributed by atoms with Gasteiger partial charge in [0, 0.05) is 19.4 Å². The summed E-state index contributed by atoms with van der Waals surface area (Å²) in [5.74, 6) is 0.420. The van der Waals surface area contributed by atoms with Crippen LogP contribution in [0.25, 0.3) is 0 Å². The minimum Gasteiger partial charge on any atom is -0.481 e. The molecule has 1 aliphatic rings. The van der Waals surface area contributed by atoms with Crippen molar-refractivity contribution < 1.29 is 14.7 Å². The number of rotatable bonds is 9. The first-order valence-corrected chi connectivity index (χ1v) is 7.77. The zero-order chi connectivity index (χ0) is 14.8. The lowest BCUT2D eigenvalue weighted by atomic mass is 9.93. The van der Waals surface area contributed by atoms with Crippen molar-refractivity contribution >= 4 is 11.9 Å². The van der Waals surface area contributed by atoms with E-state index in [1.807, 2.05) is 6.92 Å². The van der Waals surface area contributed by atoms with Crippen LogP contribution in [0, 0.1) is 11.8 Å². The number of nitrogens with one attached hydrogen (secondary N) is 2. The van der Waals surface area contributed by atoms with Crippen LogP contribution in [0.15, 0.2) is 0 Å². The molecule has 0 radical (unpaired) electrons. The fraction of sp³-hybridized carbons (Fsp3) is 0.867. The van der Waals surface area contributed by atoms with E-state index in [2.05, 4.69) is 10.6 Å². The molecule has 1 heterocycles. The molecule has 5 heteroatoms. The zero-order valence-corrected chi connectivity index (χ0v) is 12.5. The molecule has 0 aromatic carbocycles. The molecule has 1 amide bonds. The van der Waals surface area contributed by atoms with Crippen LogP contribution in [-0.2, 0) is 9.59 Å². The first-order chi connectivity index (χ1) is 9.58. The Labute approximate surface area is 121 Å². The van der Waals surface area contributed by atoms with Gasteiger partial charge in [-0.25, -0.2) is 0 Å². The molecule has 1 fully saturated rings. The molecular formula is C15H28N2O3. The van der Waals surface area contributed by atoms with Gasteiger partial charge in [0.1, 0.15) is 0 Å². The molecule has 0 bridgehead atoms. The SMILES string of the molecule is CC(CCNC(=O)CCC1CCNCC1)CCC(=O)O. The van der Waals surface area contributed by atoms with E-state index in [-0.39, 0.29) is 12.3 Å². The topological polar surface area (TPSA) is 78.4 Å². The van der Waals surface area contributed by atoms with Crippen molar-refractivity contribution in [2.75, 3.05) is 19.6 Å². The molecule has 1 rings (SSSR count). The molecule has 0 aromatic heterocycles. The monoisotopic (exact) mass is 284 g/mol. The summed E-state index contributed by atoms with van der Waals surface area (Å²) in [6.45, 7) is 4.84. The average molecular weight is 284 g/mol. The molecule has 116 valence electrons. The Morgan fingerprint density at radius 1 is 1.25 bits per heavy atom. The highest BCUT2D eigenvalue weighted by atomic mass is 16.4. The summed E-state index contributed by atoms with van der Waals surface area (Å²) in [4.78, 5) is 22.2. The summed E-state index contributed by atoms with van der Waals surface area (Å²) >= 11 is 0. The maximum atomic E-state index is 11.7. The van der Waals surface area contributed by atoms with Crippen LogP contribution in [-0.4, -0.2) is 36.6 Å². The lowest BCUT2D eigenvalue weighted by Gasteiger charge is -2.22. The second-order valence-corrected chi connectivity index (χ2v) is 5.91. The Kier molecular flexibility index (Phi) is 8.26. The van der Waals surface area contributed by atoms with Gasteiger partial charge < -0.3 is 15.7 Å². The molecule has 20 heavy (non-hydrogen) atoms. The Hall–Kier alpha value is -1.10. The van der Waals surface area contributed by atoms with Crippen molar-refractivity contribution in [1.82, 2.24) is 10.6 Å². The zero-order valence-electron chi connectivity index (χ0n) is 12.5. The maximum Gasteiger partial charge on any atom is 0.303 e. The standard InChI is InChI=1S/C15H28N2O3/c1-12(2-5-15(19)20)6-11-17-14(18)4-3-13-7-9-16-10-8-13/h12-13,16H,2-11H2,1H3,(H,17,18)(H,19,20). The van der Waals surface area contributed by atoms with Gasteiger partial charge in [-0.1, -0.05) is 6.92 Å². The number of piperidine rings is 1. The van der Waals surface area contributed by atoms with Gasteiger partial charge in [-0.15, -0.1) is 0 Å². The molecule has 1 atom stereocenters. The molecule has 0 aliphatic carbocycles. The summed E-state index contributed by atoms with van der Waals surface area (Å²) in [6.07, 6.45) is 5.72. The molecule has 5 nitrogen and oxygen atoms in total. The van der Waals surface area contributed by atoms with Crippen LogP contribution in [0.2, 0.25) is 0 Å². The Morgan fingerprint density at radius 3 is 2.60 bits per heavy atom. The van der Waals surface area contributed by atoms with E-state index in [0.29, 0.717) is 31.2 Å². The largest absolute Gasteiger partial charge is 0.481 e. The summed E-state index contributed by atoms with van der Waals surface area (Å²) in [6, 6.07) is 0. The number of carbonyl (C=O) groups is 2. The summed E-state index contributed by atoms with van der Waals surface area (Å²) in [5, 5.41) is 14.9. The highest BCUT2D eigenvalue weighted by molar-refractivity contribution is 5.75. The summed E-state index contributed by atoms with van der Waals surface area (Å²) < 4.78 is 0. The van der Waals surface area contributed by atoms with E-state index in [4.69, 9.17) is 5.11 Å². The smallest absolute Gasteiger partial charge is 0.303 e. The number of aliphatic carboxylic acids is 1. The third-order valence-corrected chi connectivity index (χ3v) is 4.05. The molecule has 1 saturated heterocycles. The minimum absolute atomic E-state index is 0.133. The van der Waals surface area contributed by atoms with E-state index in [1.54, 1.807) is 0 Å². The Balaban J connectivity index is 2.00. The van der Waals surface area contributed by atoms with Crippen LogP contribution in [0.3, 0.4) is 0 Å². The fourth-order valence-electron chi connectivity index (χ4n) is 2.57. The lowest BCUT2D eigenvalue weighted by molar-refractivity contribution is -0.137. The van der Waals surface area contributed by atoms with E-state index in [9.17, 15) is 9.59 Å². The second-order valence-electron chi connectivity index (χ2n) is 5.91. The van der Waals surface area contributed by atoms with Gasteiger partial charge in [0.2, 0.25) is 5.91 Å². The first kappa shape index (κ1) is 17.0. The number of carboxylic acids is 1. The number of hydrogen-bond donors (Lipinski definition) is 3. The number of carboxylic acid groups (broad SMARTS) is 1. The lowest BCUT2D eigenvalue weighted by Crippen LogP contribution is -2.30. The predicted molar refractivity (Wildman–Crippen MR) is 78.5 cm³/mol. The Bertz CT molecular complexity index is 301. The quantitative estimate of drug-likeness (QED) is 0.603. The molecule has 0 aromatic rings. The van der Waals surface area contributed by atoms with Gasteiger partial charge in [-0.3, -0.25) is 9.59 Å². The van der Waals surface area contributed by atoms with E-state index in [0.717, 1.165) is 25.9 Å². The van der Waals surface area contributed by atoms with Crippen LogP contribution in [0.4, 0.5) is 0 Å². The van der Waals surface area contributed by atoms with Gasteiger partial charge >= 0.3 is 5.97 Å². The summed E-state index contributed by atoms with van der Waals surface area (Å²) in [7, 11) is 0. The molecule has 1 unspecified atom stereocenters. The predicted octanol–water partition coefficient (Wildman–Crippen LogP) is 1.77. The van der Waals surface area contributed by atoms with Crippen LogP contribution in [0.1, 0.15) is 51.9 Å². The highest BCUT2D eigenvalue weighted by Crippen LogP contribution is 2.17. The summed E-state index contributed by atoms with van der Waals surface area (Å²) in [5.41, 5.74) is 0. The van der Waals surface area contributed by atoms with Gasteiger partial charge in [-0.2, -0.15) is 0 Å². The van der Waals surface area contributed by atoms with Crippen molar-refractivity contribution in [2.24, 2.45) is 11.8 Å². The third-order valence-electron chi connectivity index (χ3n) is 4.05. The third kappa shape index (κ3) is 8.15. The van der Waals surface area contributed by atoms with Crippen molar-refractivity contribution in [3.63, 3.8) is 0 Å². The van der Waals surface area contributed by atoms with Gasteiger partial charge in [-0.05, 0) is 57.0 Å². The molecule has 1 aliphatic heterocycles. The number of amides is 1. The maximum absolute atomic E-state index is 11.7.